The number of nitriles is 1. The van der Waals surface area contributed by atoms with Gasteiger partial charge in [0.2, 0.25) is 0 Å². The second-order valence-corrected chi connectivity index (χ2v) is 3.19. The van der Waals surface area contributed by atoms with Crippen LogP contribution in [0.25, 0.3) is 0 Å². The Labute approximate surface area is 81.1 Å². The van der Waals surface area contributed by atoms with Crippen LogP contribution in [0.1, 0.15) is 5.56 Å². The number of benzene rings is 1. The molecule has 0 spiro atoms. The van der Waals surface area contributed by atoms with E-state index in [4.69, 9.17) is 10.00 Å². The number of ether oxygens (including phenoxy) is 1. The van der Waals surface area contributed by atoms with E-state index in [1.165, 1.54) is 12.1 Å². The van der Waals surface area contributed by atoms with Crippen LogP contribution in [-0.2, 0) is 0 Å². The van der Waals surface area contributed by atoms with Crippen molar-refractivity contribution >= 4 is 0 Å². The van der Waals surface area contributed by atoms with Gasteiger partial charge in [-0.25, -0.2) is 4.39 Å². The lowest BCUT2D eigenvalue weighted by Crippen LogP contribution is -2.50. The zero-order valence-corrected chi connectivity index (χ0v) is 7.46. The minimum atomic E-state index is -0.439. The third-order valence-electron chi connectivity index (χ3n) is 2.05. The summed E-state index contributed by atoms with van der Waals surface area (Å²) in [4.78, 5) is 0. The van der Waals surface area contributed by atoms with Crippen LogP contribution in [0, 0.1) is 17.1 Å². The fraction of sp³-hybridized carbons (Fsp3) is 0.300. The number of rotatable bonds is 2. The smallest absolute Gasteiger partial charge is 0.128 e. The maximum atomic E-state index is 12.9. The Balaban J connectivity index is 2.16. The van der Waals surface area contributed by atoms with E-state index in [1.807, 2.05) is 6.07 Å². The molecule has 1 saturated heterocycles. The summed E-state index contributed by atoms with van der Waals surface area (Å²) >= 11 is 0. The second-order valence-electron chi connectivity index (χ2n) is 3.19. The highest BCUT2D eigenvalue weighted by Gasteiger charge is 2.18. The molecular formula is C10H9FN2O. The molecule has 2 rings (SSSR count). The predicted molar refractivity (Wildman–Crippen MR) is 48.4 cm³/mol. The summed E-state index contributed by atoms with van der Waals surface area (Å²) in [5, 5.41) is 11.6. The van der Waals surface area contributed by atoms with Gasteiger partial charge in [-0.05, 0) is 12.1 Å². The summed E-state index contributed by atoms with van der Waals surface area (Å²) in [5.41, 5.74) is 0.285. The Kier molecular flexibility index (Phi) is 2.33. The van der Waals surface area contributed by atoms with Crippen LogP contribution in [0.3, 0.4) is 0 Å². The highest BCUT2D eigenvalue weighted by Crippen LogP contribution is 2.18. The van der Waals surface area contributed by atoms with Gasteiger partial charge in [-0.3, -0.25) is 0 Å². The molecule has 3 nitrogen and oxygen atoms in total. The van der Waals surface area contributed by atoms with Crippen molar-refractivity contribution in [2.75, 3.05) is 13.1 Å². The average molecular weight is 192 g/mol. The van der Waals surface area contributed by atoms with Gasteiger partial charge in [0.25, 0.3) is 0 Å². The molecule has 0 aromatic heterocycles. The molecule has 0 unspecified atom stereocenters. The lowest BCUT2D eigenvalue weighted by molar-refractivity contribution is 0.142. The van der Waals surface area contributed by atoms with Crippen molar-refractivity contribution in [2.24, 2.45) is 0 Å². The van der Waals surface area contributed by atoms with Crippen LogP contribution in [0.15, 0.2) is 18.2 Å². The van der Waals surface area contributed by atoms with Gasteiger partial charge < -0.3 is 10.1 Å². The summed E-state index contributed by atoms with van der Waals surface area (Å²) in [7, 11) is 0. The lowest BCUT2D eigenvalue weighted by atomic mass is 10.2. The molecular weight excluding hydrogens is 183 g/mol. The molecule has 1 aliphatic rings. The van der Waals surface area contributed by atoms with E-state index in [1.54, 1.807) is 6.07 Å². The zero-order chi connectivity index (χ0) is 9.97. The highest BCUT2D eigenvalue weighted by molar-refractivity contribution is 5.37. The van der Waals surface area contributed by atoms with Crippen molar-refractivity contribution in [1.29, 1.82) is 5.26 Å². The molecule has 1 heterocycles. The fourth-order valence-corrected chi connectivity index (χ4v) is 1.23. The van der Waals surface area contributed by atoms with Crippen molar-refractivity contribution < 1.29 is 9.13 Å². The van der Waals surface area contributed by atoms with Crippen molar-refractivity contribution in [2.45, 2.75) is 6.10 Å². The Morgan fingerprint density at radius 2 is 2.21 bits per heavy atom. The first kappa shape index (κ1) is 8.97. The van der Waals surface area contributed by atoms with Crippen LogP contribution < -0.4 is 10.1 Å². The van der Waals surface area contributed by atoms with Gasteiger partial charge >= 0.3 is 0 Å². The zero-order valence-electron chi connectivity index (χ0n) is 7.46. The van der Waals surface area contributed by atoms with Crippen LogP contribution in [0.4, 0.5) is 4.39 Å². The van der Waals surface area contributed by atoms with Crippen LogP contribution in [-0.4, -0.2) is 19.2 Å². The maximum Gasteiger partial charge on any atom is 0.128 e. The summed E-state index contributed by atoms with van der Waals surface area (Å²) in [6.45, 7) is 1.55. The molecule has 0 bridgehead atoms. The molecule has 0 radical (unpaired) electrons. The van der Waals surface area contributed by atoms with Gasteiger partial charge in [-0.15, -0.1) is 0 Å². The van der Waals surface area contributed by atoms with E-state index >= 15 is 0 Å². The molecule has 1 N–H and O–H groups in total. The van der Waals surface area contributed by atoms with Crippen molar-refractivity contribution in [1.82, 2.24) is 5.32 Å². The molecule has 1 aromatic rings. The highest BCUT2D eigenvalue weighted by atomic mass is 19.1. The molecule has 14 heavy (non-hydrogen) atoms. The van der Waals surface area contributed by atoms with Gasteiger partial charge in [-0.2, -0.15) is 5.26 Å². The third kappa shape index (κ3) is 1.83. The standard InChI is InChI=1S/C10H9FN2O/c11-8-1-7(4-12)2-9(3-8)14-10-5-13-6-10/h1-3,10,13H,5-6H2. The maximum absolute atomic E-state index is 12.9. The van der Waals surface area contributed by atoms with Gasteiger partial charge in [0.1, 0.15) is 17.7 Å². The minimum absolute atomic E-state index is 0.100. The molecule has 1 fully saturated rings. The molecule has 1 aromatic carbocycles. The van der Waals surface area contributed by atoms with Crippen LogP contribution >= 0.6 is 0 Å². The van der Waals surface area contributed by atoms with Crippen molar-refractivity contribution in [3.8, 4) is 11.8 Å². The predicted octanol–water partition coefficient (Wildman–Crippen LogP) is 1.05. The lowest BCUT2D eigenvalue weighted by Gasteiger charge is -2.27. The first-order valence-corrected chi connectivity index (χ1v) is 4.36. The van der Waals surface area contributed by atoms with Gasteiger partial charge in [0.15, 0.2) is 0 Å². The minimum Gasteiger partial charge on any atom is -0.488 e. The Bertz CT molecular complexity index is 382. The van der Waals surface area contributed by atoms with Crippen molar-refractivity contribution in [3.05, 3.63) is 29.6 Å². The third-order valence-corrected chi connectivity index (χ3v) is 2.05. The molecule has 0 aliphatic carbocycles. The van der Waals surface area contributed by atoms with Crippen LogP contribution in [0.5, 0.6) is 5.75 Å². The van der Waals surface area contributed by atoms with E-state index in [9.17, 15) is 4.39 Å². The topological polar surface area (TPSA) is 45.0 Å². The quantitative estimate of drug-likeness (QED) is 0.761. The summed E-state index contributed by atoms with van der Waals surface area (Å²) in [6, 6.07) is 5.90. The summed E-state index contributed by atoms with van der Waals surface area (Å²) in [5.74, 6) is -0.0145. The Morgan fingerprint density at radius 3 is 2.79 bits per heavy atom. The Morgan fingerprint density at radius 1 is 1.43 bits per heavy atom. The largest absolute Gasteiger partial charge is 0.488 e. The first-order valence-electron chi connectivity index (χ1n) is 4.36. The normalized spacial score (nSPS) is 15.7. The van der Waals surface area contributed by atoms with Crippen molar-refractivity contribution in [3.63, 3.8) is 0 Å². The average Bonchev–Trinajstić information content (AvgIpc) is 2.10. The van der Waals surface area contributed by atoms with Gasteiger partial charge in [0.05, 0.1) is 11.6 Å². The fourth-order valence-electron chi connectivity index (χ4n) is 1.23. The van der Waals surface area contributed by atoms with Crippen LogP contribution in [0.2, 0.25) is 0 Å². The molecule has 1 aliphatic heterocycles. The second kappa shape index (κ2) is 3.64. The van der Waals surface area contributed by atoms with E-state index in [0.717, 1.165) is 13.1 Å². The van der Waals surface area contributed by atoms with Gasteiger partial charge in [-0.1, -0.05) is 0 Å². The monoisotopic (exact) mass is 192 g/mol. The molecule has 0 atom stereocenters. The number of nitrogens with zero attached hydrogens (tertiary/aromatic N) is 1. The SMILES string of the molecule is N#Cc1cc(F)cc(OC2CNC2)c1. The first-order chi connectivity index (χ1) is 6.78. The number of nitrogens with one attached hydrogen (secondary N) is 1. The van der Waals surface area contributed by atoms with E-state index in [2.05, 4.69) is 5.32 Å². The summed E-state index contributed by atoms with van der Waals surface area (Å²) < 4.78 is 18.4. The molecule has 72 valence electrons. The number of hydrogen-bond donors (Lipinski definition) is 1. The molecule has 0 saturated carbocycles. The summed E-state index contributed by atoms with van der Waals surface area (Å²) in [6.07, 6.45) is 0.100. The van der Waals surface area contributed by atoms with E-state index in [-0.39, 0.29) is 11.7 Å². The van der Waals surface area contributed by atoms with E-state index in [0.29, 0.717) is 5.75 Å². The number of hydrogen-bond acceptors (Lipinski definition) is 3. The molecule has 4 heteroatoms. The Hall–Kier alpha value is -1.60. The number of halogens is 1. The molecule has 0 amide bonds. The van der Waals surface area contributed by atoms with E-state index < -0.39 is 5.82 Å². The van der Waals surface area contributed by atoms with Gasteiger partial charge in [0, 0.05) is 19.2 Å².